The summed E-state index contributed by atoms with van der Waals surface area (Å²) in [6, 6.07) is 4.04. The maximum atomic E-state index is 13.5. The van der Waals surface area contributed by atoms with Gasteiger partial charge in [-0.1, -0.05) is 28.1 Å². The SMILES string of the molecule is CN(C(=O)C1CC[SH+]CC1)C(c1ccc(Br)cc1)C(F)(F)F. The summed E-state index contributed by atoms with van der Waals surface area (Å²) in [7, 11) is 1.26. The summed E-state index contributed by atoms with van der Waals surface area (Å²) < 4.78 is 41.1. The molecule has 1 aliphatic heterocycles. The second kappa shape index (κ2) is 7.25. The third-order valence-corrected chi connectivity index (χ3v) is 5.53. The average molecular weight is 397 g/mol. The van der Waals surface area contributed by atoms with Gasteiger partial charge in [0.25, 0.3) is 0 Å². The van der Waals surface area contributed by atoms with Crippen LogP contribution in [0.1, 0.15) is 24.4 Å². The van der Waals surface area contributed by atoms with Crippen molar-refractivity contribution in [2.75, 3.05) is 18.6 Å². The Kier molecular flexibility index (Phi) is 5.82. The lowest BCUT2D eigenvalue weighted by molar-refractivity contribution is -0.190. The summed E-state index contributed by atoms with van der Waals surface area (Å²) in [5.74, 6) is 1.09. The average Bonchev–Trinajstić information content (AvgIpc) is 2.48. The number of amides is 1. The van der Waals surface area contributed by atoms with E-state index in [0.29, 0.717) is 17.3 Å². The molecule has 1 amide bonds. The molecule has 1 aromatic rings. The van der Waals surface area contributed by atoms with Crippen LogP contribution in [0, 0.1) is 5.92 Å². The Hall–Kier alpha value is -0.690. The lowest BCUT2D eigenvalue weighted by Gasteiger charge is -2.33. The molecule has 1 fully saturated rings. The van der Waals surface area contributed by atoms with Crippen LogP contribution >= 0.6 is 15.9 Å². The zero-order valence-corrected chi connectivity index (χ0v) is 14.6. The van der Waals surface area contributed by atoms with Gasteiger partial charge in [0.15, 0.2) is 6.04 Å². The van der Waals surface area contributed by atoms with Gasteiger partial charge in [-0.25, -0.2) is 0 Å². The summed E-state index contributed by atoms with van der Waals surface area (Å²) >= 11 is 4.50. The summed E-state index contributed by atoms with van der Waals surface area (Å²) in [4.78, 5) is 13.3. The van der Waals surface area contributed by atoms with Crippen molar-refractivity contribution < 1.29 is 18.0 Å². The fourth-order valence-corrected chi connectivity index (χ4v) is 4.17. The lowest BCUT2D eigenvalue weighted by Crippen LogP contribution is -2.43. The molecule has 0 saturated carbocycles. The number of thiol groups is 1. The molecule has 1 unspecified atom stereocenters. The number of carbonyl (C=O) groups is 1. The van der Waals surface area contributed by atoms with Gasteiger partial charge in [0.2, 0.25) is 5.91 Å². The largest absolute Gasteiger partial charge is 0.413 e. The summed E-state index contributed by atoms with van der Waals surface area (Å²) in [5, 5.41) is 0. The van der Waals surface area contributed by atoms with Gasteiger partial charge in [0.05, 0.1) is 0 Å². The summed E-state index contributed by atoms with van der Waals surface area (Å²) in [6.07, 6.45) is -3.14. The minimum absolute atomic E-state index is 0.0838. The maximum absolute atomic E-state index is 13.5. The third-order valence-electron chi connectivity index (χ3n) is 3.85. The van der Waals surface area contributed by atoms with E-state index in [-0.39, 0.29) is 11.5 Å². The molecule has 122 valence electrons. The third kappa shape index (κ3) is 4.19. The number of carbonyl (C=O) groups excluding carboxylic acids is 1. The predicted octanol–water partition coefficient (Wildman–Crippen LogP) is 3.74. The van der Waals surface area contributed by atoms with E-state index in [1.54, 1.807) is 12.1 Å². The van der Waals surface area contributed by atoms with E-state index in [4.69, 9.17) is 0 Å². The molecule has 1 saturated heterocycles. The zero-order chi connectivity index (χ0) is 16.3. The summed E-state index contributed by atoms with van der Waals surface area (Å²) in [6.45, 7) is 0. The van der Waals surface area contributed by atoms with Crippen molar-refractivity contribution in [1.82, 2.24) is 4.90 Å². The molecule has 0 bridgehead atoms. The topological polar surface area (TPSA) is 20.3 Å². The van der Waals surface area contributed by atoms with E-state index in [2.05, 4.69) is 15.9 Å². The van der Waals surface area contributed by atoms with E-state index in [0.717, 1.165) is 16.4 Å². The van der Waals surface area contributed by atoms with Crippen LogP contribution in [-0.4, -0.2) is 35.5 Å². The minimum atomic E-state index is -4.49. The summed E-state index contributed by atoms with van der Waals surface area (Å²) in [5.41, 5.74) is 0.0838. The van der Waals surface area contributed by atoms with E-state index >= 15 is 0 Å². The Bertz CT molecular complexity index is 515. The number of alkyl halides is 3. The van der Waals surface area contributed by atoms with Gasteiger partial charge >= 0.3 is 6.18 Å². The molecule has 2 nitrogen and oxygen atoms in total. The molecule has 0 radical (unpaired) electrons. The van der Waals surface area contributed by atoms with Crippen molar-refractivity contribution >= 4 is 33.6 Å². The Morgan fingerprint density at radius 1 is 1.27 bits per heavy atom. The molecule has 0 aromatic heterocycles. The number of hydrogen-bond acceptors (Lipinski definition) is 1. The van der Waals surface area contributed by atoms with E-state index < -0.39 is 18.1 Å². The molecule has 1 atom stereocenters. The van der Waals surface area contributed by atoms with Crippen molar-refractivity contribution in [2.24, 2.45) is 5.92 Å². The first-order chi connectivity index (χ1) is 10.3. The van der Waals surface area contributed by atoms with Crippen molar-refractivity contribution in [1.29, 1.82) is 0 Å². The molecular formula is C15H18BrF3NOS+. The van der Waals surface area contributed by atoms with Crippen LogP contribution in [0.15, 0.2) is 28.7 Å². The smallest absolute Gasteiger partial charge is 0.330 e. The van der Waals surface area contributed by atoms with Crippen LogP contribution < -0.4 is 0 Å². The number of nitrogens with zero attached hydrogens (tertiary/aromatic N) is 1. The lowest BCUT2D eigenvalue weighted by atomic mass is 9.98. The Morgan fingerprint density at radius 2 is 1.82 bits per heavy atom. The van der Waals surface area contributed by atoms with Crippen LogP contribution in [0.2, 0.25) is 0 Å². The van der Waals surface area contributed by atoms with Crippen molar-refractivity contribution in [2.45, 2.75) is 25.1 Å². The van der Waals surface area contributed by atoms with Crippen LogP contribution in [0.4, 0.5) is 13.2 Å². The molecule has 0 spiro atoms. The van der Waals surface area contributed by atoms with Crippen LogP contribution in [0.25, 0.3) is 0 Å². The fraction of sp³-hybridized carbons (Fsp3) is 0.533. The normalized spacial score (nSPS) is 18.0. The maximum Gasteiger partial charge on any atom is 0.413 e. The minimum Gasteiger partial charge on any atom is -0.330 e. The second-order valence-electron chi connectivity index (χ2n) is 5.39. The van der Waals surface area contributed by atoms with Crippen LogP contribution in [0.3, 0.4) is 0 Å². The highest BCUT2D eigenvalue weighted by Gasteiger charge is 2.46. The Labute approximate surface area is 140 Å². The van der Waals surface area contributed by atoms with Crippen molar-refractivity contribution in [3.8, 4) is 0 Å². The highest BCUT2D eigenvalue weighted by molar-refractivity contribution is 9.10. The molecule has 1 aromatic carbocycles. The van der Waals surface area contributed by atoms with E-state index in [1.807, 2.05) is 0 Å². The molecule has 0 N–H and O–H groups in total. The monoisotopic (exact) mass is 396 g/mol. The number of benzene rings is 1. The van der Waals surface area contributed by atoms with Gasteiger partial charge in [-0.15, -0.1) is 0 Å². The van der Waals surface area contributed by atoms with Gasteiger partial charge in [-0.3, -0.25) is 4.79 Å². The second-order valence-corrected chi connectivity index (χ2v) is 7.65. The number of rotatable bonds is 3. The Morgan fingerprint density at radius 3 is 2.32 bits per heavy atom. The van der Waals surface area contributed by atoms with Gasteiger partial charge in [-0.2, -0.15) is 13.2 Å². The molecule has 7 heteroatoms. The standard InChI is InChI=1S/C15H17BrF3NOS/c1-20(14(21)11-6-8-22-9-7-11)13(15(17,18)19)10-2-4-12(16)5-3-10/h2-5,11,13H,6-9H2,1H3/p+1. The van der Waals surface area contributed by atoms with Crippen molar-refractivity contribution in [3.63, 3.8) is 0 Å². The first kappa shape index (κ1) is 17.7. The molecule has 0 aliphatic carbocycles. The Balaban J connectivity index is 2.24. The van der Waals surface area contributed by atoms with Crippen LogP contribution in [0.5, 0.6) is 0 Å². The highest BCUT2D eigenvalue weighted by atomic mass is 79.9. The zero-order valence-electron chi connectivity index (χ0n) is 12.1. The van der Waals surface area contributed by atoms with E-state index in [1.165, 1.54) is 30.9 Å². The quantitative estimate of drug-likeness (QED) is 0.562. The van der Waals surface area contributed by atoms with Gasteiger partial charge in [0.1, 0.15) is 11.5 Å². The molecule has 22 heavy (non-hydrogen) atoms. The number of halogens is 4. The first-order valence-electron chi connectivity index (χ1n) is 7.03. The highest BCUT2D eigenvalue weighted by Crippen LogP contribution is 2.38. The van der Waals surface area contributed by atoms with Gasteiger partial charge in [-0.05, 0) is 29.5 Å². The van der Waals surface area contributed by atoms with Crippen molar-refractivity contribution in [3.05, 3.63) is 34.3 Å². The molecule has 1 aliphatic rings. The molecule has 1 heterocycles. The first-order valence-corrected chi connectivity index (χ1v) is 9.08. The van der Waals surface area contributed by atoms with E-state index in [9.17, 15) is 18.0 Å². The number of hydrogen-bond donors (Lipinski definition) is 0. The van der Waals surface area contributed by atoms with Crippen LogP contribution in [-0.2, 0) is 16.6 Å². The fourth-order valence-electron chi connectivity index (χ4n) is 2.69. The predicted molar refractivity (Wildman–Crippen MR) is 86.9 cm³/mol. The van der Waals surface area contributed by atoms with Gasteiger partial charge < -0.3 is 4.90 Å². The molecular weight excluding hydrogens is 379 g/mol. The van der Waals surface area contributed by atoms with Gasteiger partial charge in [0, 0.05) is 30.3 Å². The molecule has 2 rings (SSSR count).